The van der Waals surface area contributed by atoms with Crippen LogP contribution in [0, 0.1) is 0 Å². The van der Waals surface area contributed by atoms with E-state index in [1.165, 1.54) is 0 Å². The topological polar surface area (TPSA) is 55.4 Å². The molecule has 5 nitrogen and oxygen atoms in total. The van der Waals surface area contributed by atoms with E-state index in [0.717, 1.165) is 60.2 Å². The van der Waals surface area contributed by atoms with E-state index in [4.69, 9.17) is 14.5 Å². The first-order valence-corrected chi connectivity index (χ1v) is 9.67. The van der Waals surface area contributed by atoms with Gasteiger partial charge in [-0.2, -0.15) is 0 Å². The first kappa shape index (κ1) is 18.3. The second-order valence-electron chi connectivity index (χ2n) is 6.83. The fraction of sp³-hybridized carbons (Fsp3) is 0.261. The first-order valence-electron chi connectivity index (χ1n) is 9.67. The molecule has 1 aliphatic rings. The summed E-state index contributed by atoms with van der Waals surface area (Å²) in [5, 5.41) is 6.69. The van der Waals surface area contributed by atoms with Crippen LogP contribution in [0.25, 0.3) is 11.3 Å². The van der Waals surface area contributed by atoms with Crippen molar-refractivity contribution in [3.05, 3.63) is 66.7 Å². The Bertz CT molecular complexity index is 909. The summed E-state index contributed by atoms with van der Waals surface area (Å²) in [4.78, 5) is 4.75. The van der Waals surface area contributed by atoms with Gasteiger partial charge in [-0.1, -0.05) is 24.3 Å². The number of nitrogens with one attached hydrogen (secondary N) is 2. The number of para-hydroxylation sites is 1. The van der Waals surface area contributed by atoms with E-state index in [9.17, 15) is 0 Å². The third-order valence-electron chi connectivity index (χ3n) is 4.83. The Morgan fingerprint density at radius 1 is 0.964 bits per heavy atom. The zero-order chi connectivity index (χ0) is 19.2. The Kier molecular flexibility index (Phi) is 5.73. The molecule has 1 saturated heterocycles. The highest BCUT2D eigenvalue weighted by Crippen LogP contribution is 2.33. The highest BCUT2D eigenvalue weighted by Gasteiger charge is 2.16. The van der Waals surface area contributed by atoms with E-state index < -0.39 is 0 Å². The average molecular weight is 375 g/mol. The number of pyridine rings is 1. The van der Waals surface area contributed by atoms with Crippen LogP contribution in [0.2, 0.25) is 0 Å². The third-order valence-corrected chi connectivity index (χ3v) is 4.83. The van der Waals surface area contributed by atoms with E-state index in [1.54, 1.807) is 7.11 Å². The van der Waals surface area contributed by atoms with Gasteiger partial charge >= 0.3 is 0 Å². The smallest absolute Gasteiger partial charge is 0.131 e. The van der Waals surface area contributed by atoms with Crippen LogP contribution in [0.1, 0.15) is 12.8 Å². The number of aromatic nitrogens is 1. The molecule has 3 aromatic rings. The number of piperidine rings is 1. The summed E-state index contributed by atoms with van der Waals surface area (Å²) in [6.07, 6.45) is 2.31. The number of rotatable bonds is 6. The zero-order valence-electron chi connectivity index (χ0n) is 16.0. The number of benzene rings is 2. The number of hydrogen-bond donors (Lipinski definition) is 2. The number of methoxy groups -OCH3 is 1. The fourth-order valence-electron chi connectivity index (χ4n) is 3.39. The molecule has 2 aromatic carbocycles. The lowest BCUT2D eigenvalue weighted by molar-refractivity contribution is 0.162. The van der Waals surface area contributed by atoms with Gasteiger partial charge in [0.1, 0.15) is 23.4 Å². The molecule has 5 heteroatoms. The lowest BCUT2D eigenvalue weighted by Gasteiger charge is -2.24. The van der Waals surface area contributed by atoms with Crippen LogP contribution < -0.4 is 20.1 Å². The van der Waals surface area contributed by atoms with Gasteiger partial charge in [-0.25, -0.2) is 4.98 Å². The summed E-state index contributed by atoms with van der Waals surface area (Å²) in [5.41, 5.74) is 2.80. The predicted molar refractivity (Wildman–Crippen MR) is 112 cm³/mol. The Hall–Kier alpha value is -3.05. The van der Waals surface area contributed by atoms with E-state index in [2.05, 4.69) is 10.6 Å². The minimum absolute atomic E-state index is 0.258. The number of anilines is 2. The summed E-state index contributed by atoms with van der Waals surface area (Å²) in [6, 6.07) is 21.9. The quantitative estimate of drug-likeness (QED) is 0.658. The van der Waals surface area contributed by atoms with Gasteiger partial charge < -0.3 is 20.1 Å². The highest BCUT2D eigenvalue weighted by molar-refractivity contribution is 5.70. The molecule has 1 fully saturated rings. The van der Waals surface area contributed by atoms with Crippen molar-refractivity contribution in [3.63, 3.8) is 0 Å². The normalized spacial score (nSPS) is 14.5. The molecule has 0 amide bonds. The van der Waals surface area contributed by atoms with Crippen LogP contribution in [0.3, 0.4) is 0 Å². The molecule has 28 heavy (non-hydrogen) atoms. The van der Waals surface area contributed by atoms with Crippen molar-refractivity contribution in [1.82, 2.24) is 10.3 Å². The summed E-state index contributed by atoms with van der Waals surface area (Å²) >= 11 is 0. The minimum atomic E-state index is 0.258. The maximum absolute atomic E-state index is 6.14. The van der Waals surface area contributed by atoms with Crippen molar-refractivity contribution in [1.29, 1.82) is 0 Å². The SMILES string of the molecule is COc1cc(OC2CCNCC2)ccc1-c1cccc(Nc2ccccc2)n1. The van der Waals surface area contributed by atoms with E-state index >= 15 is 0 Å². The Balaban J connectivity index is 1.55. The van der Waals surface area contributed by atoms with Gasteiger partial charge in [0.25, 0.3) is 0 Å². The predicted octanol–water partition coefficient (Wildman–Crippen LogP) is 4.63. The molecule has 2 N–H and O–H groups in total. The Morgan fingerprint density at radius 3 is 2.57 bits per heavy atom. The molecule has 0 saturated carbocycles. The zero-order valence-corrected chi connectivity index (χ0v) is 16.0. The molecule has 0 aliphatic carbocycles. The summed E-state index contributed by atoms with van der Waals surface area (Å²) in [6.45, 7) is 2.01. The van der Waals surface area contributed by atoms with Crippen LogP contribution in [0.15, 0.2) is 66.7 Å². The van der Waals surface area contributed by atoms with Crippen molar-refractivity contribution in [2.45, 2.75) is 18.9 Å². The number of hydrogen-bond acceptors (Lipinski definition) is 5. The lowest BCUT2D eigenvalue weighted by atomic mass is 10.1. The molecule has 1 aliphatic heterocycles. The molecular formula is C23H25N3O2. The Morgan fingerprint density at radius 2 is 1.79 bits per heavy atom. The minimum Gasteiger partial charge on any atom is -0.496 e. The largest absolute Gasteiger partial charge is 0.496 e. The van der Waals surface area contributed by atoms with Crippen molar-refractivity contribution in [2.24, 2.45) is 0 Å². The van der Waals surface area contributed by atoms with Crippen molar-refractivity contribution in [2.75, 3.05) is 25.5 Å². The van der Waals surface area contributed by atoms with E-state index in [0.29, 0.717) is 0 Å². The second kappa shape index (κ2) is 8.76. The van der Waals surface area contributed by atoms with Crippen molar-refractivity contribution < 1.29 is 9.47 Å². The summed E-state index contributed by atoms with van der Waals surface area (Å²) < 4.78 is 11.8. The van der Waals surface area contributed by atoms with Gasteiger partial charge in [-0.3, -0.25) is 0 Å². The molecule has 2 heterocycles. The molecule has 4 rings (SSSR count). The summed E-state index contributed by atoms with van der Waals surface area (Å²) in [5.74, 6) is 2.39. The lowest BCUT2D eigenvalue weighted by Crippen LogP contribution is -2.34. The molecule has 0 radical (unpaired) electrons. The van der Waals surface area contributed by atoms with Gasteiger partial charge in [0.2, 0.25) is 0 Å². The van der Waals surface area contributed by atoms with Crippen LogP contribution >= 0.6 is 0 Å². The van der Waals surface area contributed by atoms with Crippen LogP contribution in [0.4, 0.5) is 11.5 Å². The fourth-order valence-corrected chi connectivity index (χ4v) is 3.39. The first-order chi connectivity index (χ1) is 13.8. The monoisotopic (exact) mass is 375 g/mol. The molecule has 0 atom stereocenters. The van der Waals surface area contributed by atoms with E-state index in [1.807, 2.05) is 66.7 Å². The second-order valence-corrected chi connectivity index (χ2v) is 6.83. The van der Waals surface area contributed by atoms with Crippen molar-refractivity contribution in [3.8, 4) is 22.8 Å². The molecule has 0 bridgehead atoms. The van der Waals surface area contributed by atoms with E-state index in [-0.39, 0.29) is 6.10 Å². The van der Waals surface area contributed by atoms with Gasteiger partial charge in [-0.05, 0) is 62.3 Å². The van der Waals surface area contributed by atoms with Gasteiger partial charge in [0, 0.05) is 17.3 Å². The molecule has 144 valence electrons. The van der Waals surface area contributed by atoms with Crippen LogP contribution in [-0.4, -0.2) is 31.3 Å². The van der Waals surface area contributed by atoms with Crippen molar-refractivity contribution >= 4 is 11.5 Å². The van der Waals surface area contributed by atoms with Gasteiger partial charge in [0.05, 0.1) is 12.8 Å². The maximum atomic E-state index is 6.14. The number of ether oxygens (including phenoxy) is 2. The van der Waals surface area contributed by atoms with Crippen LogP contribution in [-0.2, 0) is 0 Å². The number of nitrogens with zero attached hydrogens (tertiary/aromatic N) is 1. The van der Waals surface area contributed by atoms with Gasteiger partial charge in [-0.15, -0.1) is 0 Å². The average Bonchev–Trinajstić information content (AvgIpc) is 2.75. The van der Waals surface area contributed by atoms with Crippen LogP contribution in [0.5, 0.6) is 11.5 Å². The third kappa shape index (κ3) is 4.43. The molecular weight excluding hydrogens is 350 g/mol. The standard InChI is InChI=1S/C23H25N3O2/c1-27-22-16-19(28-18-12-14-24-15-13-18)10-11-20(22)21-8-5-9-23(26-21)25-17-6-3-2-4-7-17/h2-11,16,18,24H,12-15H2,1H3,(H,25,26). The molecule has 0 spiro atoms. The molecule has 0 unspecified atom stereocenters. The highest BCUT2D eigenvalue weighted by atomic mass is 16.5. The summed E-state index contributed by atoms with van der Waals surface area (Å²) in [7, 11) is 1.68. The Labute approximate surface area is 165 Å². The molecule has 1 aromatic heterocycles. The van der Waals surface area contributed by atoms with Gasteiger partial charge in [0.15, 0.2) is 0 Å². The maximum Gasteiger partial charge on any atom is 0.131 e.